The van der Waals surface area contributed by atoms with E-state index in [2.05, 4.69) is 26.4 Å². The van der Waals surface area contributed by atoms with Crippen molar-refractivity contribution in [1.29, 1.82) is 0 Å². The molecule has 3 aromatic rings. The molecule has 3 heterocycles. The van der Waals surface area contributed by atoms with Crippen molar-refractivity contribution in [2.75, 3.05) is 13.7 Å². The topological polar surface area (TPSA) is 46.1 Å². The molecule has 0 radical (unpaired) electrons. The number of hydrogen-bond donors (Lipinski definition) is 1. The number of methoxy groups -OCH3 is 1. The molecule has 130 valence electrons. The molecular weight excluding hydrogens is 376 g/mol. The lowest BCUT2D eigenvalue weighted by atomic mass is 10.1. The molecule has 0 amide bonds. The van der Waals surface area contributed by atoms with Crippen LogP contribution in [0.15, 0.2) is 29.6 Å². The fourth-order valence-electron chi connectivity index (χ4n) is 3.07. The number of hydrogen-bond acceptors (Lipinski definition) is 5. The zero-order chi connectivity index (χ0) is 17.4. The van der Waals surface area contributed by atoms with E-state index in [0.717, 1.165) is 25.1 Å². The molecule has 1 aliphatic heterocycles. The number of nitrogens with one attached hydrogen (secondary N) is 1. The van der Waals surface area contributed by atoms with Gasteiger partial charge in [-0.25, -0.2) is 4.68 Å². The summed E-state index contributed by atoms with van der Waals surface area (Å²) in [5, 5.41) is 6.08. The Bertz CT molecular complexity index is 962. The number of aromatic nitrogens is 3. The van der Waals surface area contributed by atoms with Crippen LogP contribution in [-0.2, 0) is 19.6 Å². The first-order valence-corrected chi connectivity index (χ1v) is 9.59. The Kier molecular flexibility index (Phi) is 4.64. The van der Waals surface area contributed by atoms with Crippen LogP contribution in [0, 0.1) is 4.77 Å². The van der Waals surface area contributed by atoms with Gasteiger partial charge in [0, 0.05) is 23.0 Å². The van der Waals surface area contributed by atoms with Gasteiger partial charge in [-0.15, -0.1) is 11.3 Å². The second kappa shape index (κ2) is 6.92. The van der Waals surface area contributed by atoms with E-state index in [1.165, 1.54) is 10.4 Å². The molecule has 25 heavy (non-hydrogen) atoms. The van der Waals surface area contributed by atoms with Crippen molar-refractivity contribution in [2.45, 2.75) is 19.6 Å². The van der Waals surface area contributed by atoms with Gasteiger partial charge in [0.15, 0.2) is 5.82 Å². The SMILES string of the molecule is COc1ccc(Cl)cc1-c1nc(=S)n(CN2CCc3sccc3C2)[nH]1. The summed E-state index contributed by atoms with van der Waals surface area (Å²) in [4.78, 5) is 8.35. The summed E-state index contributed by atoms with van der Waals surface area (Å²) in [7, 11) is 1.63. The lowest BCUT2D eigenvalue weighted by Gasteiger charge is -2.26. The van der Waals surface area contributed by atoms with E-state index in [9.17, 15) is 0 Å². The number of thiophene rings is 1. The third kappa shape index (κ3) is 3.37. The van der Waals surface area contributed by atoms with Crippen molar-refractivity contribution in [3.05, 3.63) is 49.9 Å². The normalized spacial score (nSPS) is 14.5. The Hall–Kier alpha value is -1.67. The van der Waals surface area contributed by atoms with Gasteiger partial charge in [0.05, 0.1) is 19.3 Å². The predicted octanol–water partition coefficient (Wildman–Crippen LogP) is 4.35. The lowest BCUT2D eigenvalue weighted by molar-refractivity contribution is 0.190. The van der Waals surface area contributed by atoms with E-state index in [0.29, 0.717) is 28.0 Å². The molecule has 0 saturated heterocycles. The Labute approximate surface area is 159 Å². The Morgan fingerprint density at radius 2 is 2.28 bits per heavy atom. The average molecular weight is 393 g/mol. The van der Waals surface area contributed by atoms with Gasteiger partial charge < -0.3 is 4.74 Å². The zero-order valence-corrected chi connectivity index (χ0v) is 16.0. The van der Waals surface area contributed by atoms with Crippen LogP contribution in [0.25, 0.3) is 11.4 Å². The molecule has 0 atom stereocenters. The number of H-pyrrole nitrogens is 1. The number of halogens is 1. The third-order valence-corrected chi connectivity index (χ3v) is 5.89. The lowest BCUT2D eigenvalue weighted by Crippen LogP contribution is -2.32. The van der Waals surface area contributed by atoms with E-state index >= 15 is 0 Å². The van der Waals surface area contributed by atoms with Crippen molar-refractivity contribution in [3.8, 4) is 17.1 Å². The highest BCUT2D eigenvalue weighted by Gasteiger charge is 2.18. The second-order valence-corrected chi connectivity index (χ2v) is 7.74. The second-order valence-electron chi connectivity index (χ2n) is 5.94. The van der Waals surface area contributed by atoms with Gasteiger partial charge in [-0.3, -0.25) is 10.00 Å². The number of rotatable bonds is 4. The number of nitrogens with zero attached hydrogens (tertiary/aromatic N) is 3. The smallest absolute Gasteiger partial charge is 0.217 e. The maximum Gasteiger partial charge on any atom is 0.217 e. The van der Waals surface area contributed by atoms with Gasteiger partial charge in [-0.2, -0.15) is 4.98 Å². The monoisotopic (exact) mass is 392 g/mol. The van der Waals surface area contributed by atoms with Crippen molar-refractivity contribution in [2.24, 2.45) is 0 Å². The van der Waals surface area contributed by atoms with E-state index in [-0.39, 0.29) is 0 Å². The highest BCUT2D eigenvalue weighted by atomic mass is 35.5. The third-order valence-electron chi connectivity index (χ3n) is 4.32. The first kappa shape index (κ1) is 16.8. The van der Waals surface area contributed by atoms with Crippen LogP contribution in [0.5, 0.6) is 5.75 Å². The first-order valence-electron chi connectivity index (χ1n) is 7.92. The molecular formula is C17H17ClN4OS2. The number of ether oxygens (including phenoxy) is 1. The summed E-state index contributed by atoms with van der Waals surface area (Å²) in [6.07, 6.45) is 1.09. The Balaban J connectivity index is 1.59. The minimum Gasteiger partial charge on any atom is -0.496 e. The predicted molar refractivity (Wildman–Crippen MR) is 103 cm³/mol. The van der Waals surface area contributed by atoms with Gasteiger partial charge in [-0.05, 0) is 53.8 Å². The fraction of sp³-hybridized carbons (Fsp3) is 0.294. The Morgan fingerprint density at radius 1 is 1.40 bits per heavy atom. The molecule has 0 fully saturated rings. The van der Waals surface area contributed by atoms with Gasteiger partial charge in [0.1, 0.15) is 5.75 Å². The van der Waals surface area contributed by atoms with Crippen LogP contribution in [0.3, 0.4) is 0 Å². The van der Waals surface area contributed by atoms with Gasteiger partial charge in [0.2, 0.25) is 4.77 Å². The molecule has 5 nitrogen and oxygen atoms in total. The molecule has 1 N–H and O–H groups in total. The van der Waals surface area contributed by atoms with Crippen LogP contribution in [0.2, 0.25) is 5.02 Å². The van der Waals surface area contributed by atoms with Crippen molar-refractivity contribution in [3.63, 3.8) is 0 Å². The number of fused-ring (bicyclic) bond motifs is 1. The molecule has 8 heteroatoms. The molecule has 1 aliphatic rings. The van der Waals surface area contributed by atoms with Gasteiger partial charge >= 0.3 is 0 Å². The van der Waals surface area contributed by atoms with Crippen LogP contribution < -0.4 is 4.74 Å². The minimum atomic E-state index is 0.521. The highest BCUT2D eigenvalue weighted by Crippen LogP contribution is 2.30. The molecule has 0 unspecified atom stereocenters. The summed E-state index contributed by atoms with van der Waals surface area (Å²) in [5.41, 5.74) is 2.22. The van der Waals surface area contributed by atoms with Gasteiger partial charge in [-0.1, -0.05) is 11.6 Å². The first-order chi connectivity index (χ1) is 12.1. The molecule has 1 aromatic carbocycles. The van der Waals surface area contributed by atoms with Crippen LogP contribution in [-0.4, -0.2) is 33.3 Å². The molecule has 0 saturated carbocycles. The molecule has 0 bridgehead atoms. The maximum absolute atomic E-state index is 6.13. The molecule has 0 aliphatic carbocycles. The van der Waals surface area contributed by atoms with Gasteiger partial charge in [0.25, 0.3) is 0 Å². The van der Waals surface area contributed by atoms with E-state index < -0.39 is 0 Å². The quantitative estimate of drug-likeness (QED) is 0.670. The summed E-state index contributed by atoms with van der Waals surface area (Å²) in [6, 6.07) is 7.66. The van der Waals surface area contributed by atoms with E-state index in [1.807, 2.05) is 28.2 Å². The summed E-state index contributed by atoms with van der Waals surface area (Å²) < 4.78 is 7.83. The fourth-order valence-corrected chi connectivity index (χ4v) is 4.32. The van der Waals surface area contributed by atoms with Crippen LogP contribution in [0.4, 0.5) is 0 Å². The van der Waals surface area contributed by atoms with E-state index in [1.54, 1.807) is 13.2 Å². The average Bonchev–Trinajstić information content (AvgIpc) is 3.21. The maximum atomic E-state index is 6.13. The number of benzene rings is 1. The summed E-state index contributed by atoms with van der Waals surface area (Å²) in [6.45, 7) is 2.64. The summed E-state index contributed by atoms with van der Waals surface area (Å²) >= 11 is 13.4. The minimum absolute atomic E-state index is 0.521. The van der Waals surface area contributed by atoms with Crippen LogP contribution in [0.1, 0.15) is 10.4 Å². The zero-order valence-electron chi connectivity index (χ0n) is 13.7. The Morgan fingerprint density at radius 3 is 3.12 bits per heavy atom. The van der Waals surface area contributed by atoms with Crippen LogP contribution >= 0.6 is 35.2 Å². The standard InChI is InChI=1S/C17H17ClN4OS2/c1-23-14-3-2-12(18)8-13(14)16-19-17(24)22(20-16)10-21-6-4-15-11(9-21)5-7-25-15/h2-3,5,7-8H,4,6,9-10H2,1H3,(H,19,20,24). The molecule has 0 spiro atoms. The van der Waals surface area contributed by atoms with Crippen molar-refractivity contribution < 1.29 is 4.74 Å². The molecule has 4 rings (SSSR count). The highest BCUT2D eigenvalue weighted by molar-refractivity contribution is 7.71. The van der Waals surface area contributed by atoms with E-state index in [4.69, 9.17) is 28.6 Å². The van der Waals surface area contributed by atoms with Crippen molar-refractivity contribution >= 4 is 35.2 Å². The largest absolute Gasteiger partial charge is 0.496 e. The van der Waals surface area contributed by atoms with Crippen molar-refractivity contribution in [1.82, 2.24) is 19.7 Å². The molecule has 2 aromatic heterocycles. The summed E-state index contributed by atoms with van der Waals surface area (Å²) in [5.74, 6) is 1.37. The number of aromatic amines is 1.